The van der Waals surface area contributed by atoms with Gasteiger partial charge in [0.25, 0.3) is 0 Å². The first kappa shape index (κ1) is 16.6. The minimum Gasteiger partial charge on any atom is -0.508 e. The van der Waals surface area contributed by atoms with Crippen LogP contribution in [0.2, 0.25) is 0 Å². The molecule has 130 valence electrons. The second kappa shape index (κ2) is 6.77. The van der Waals surface area contributed by atoms with Crippen molar-refractivity contribution < 1.29 is 5.11 Å². The highest BCUT2D eigenvalue weighted by Crippen LogP contribution is 2.34. The van der Waals surface area contributed by atoms with Gasteiger partial charge in [0.2, 0.25) is 0 Å². The van der Waals surface area contributed by atoms with Crippen LogP contribution in [0, 0.1) is 13.8 Å². The minimum atomic E-state index is 0.421. The first-order valence-corrected chi connectivity index (χ1v) is 9.79. The van der Waals surface area contributed by atoms with Gasteiger partial charge in [0.1, 0.15) is 5.75 Å². The molecule has 0 radical (unpaired) electrons. The summed E-state index contributed by atoms with van der Waals surface area (Å²) in [5, 5.41) is 11.5. The molecule has 0 unspecified atom stereocenters. The van der Waals surface area contributed by atoms with E-state index >= 15 is 0 Å². The van der Waals surface area contributed by atoms with Gasteiger partial charge < -0.3 is 5.11 Å². The Morgan fingerprint density at radius 2 is 2.00 bits per heavy atom. The molecule has 0 aliphatic carbocycles. The number of para-hydroxylation sites is 1. The number of nitrogens with zero attached hydrogens (tertiary/aromatic N) is 2. The van der Waals surface area contributed by atoms with Crippen molar-refractivity contribution in [3.05, 3.63) is 58.1 Å². The molecule has 25 heavy (non-hydrogen) atoms. The van der Waals surface area contributed by atoms with E-state index in [9.17, 15) is 5.11 Å². The number of rotatable bonds is 3. The summed E-state index contributed by atoms with van der Waals surface area (Å²) >= 11 is 1.83. The van der Waals surface area contributed by atoms with E-state index in [-0.39, 0.29) is 0 Å². The molecule has 1 saturated heterocycles. The van der Waals surface area contributed by atoms with Crippen molar-refractivity contribution >= 4 is 21.6 Å². The van der Waals surface area contributed by atoms with E-state index in [2.05, 4.69) is 42.2 Å². The number of hydrogen-bond donors (Lipinski definition) is 1. The van der Waals surface area contributed by atoms with Gasteiger partial charge in [-0.2, -0.15) is 0 Å². The van der Waals surface area contributed by atoms with Gasteiger partial charge in [0.05, 0.1) is 15.2 Å². The zero-order chi connectivity index (χ0) is 17.4. The Morgan fingerprint density at radius 1 is 1.20 bits per heavy atom. The quantitative estimate of drug-likeness (QED) is 0.721. The number of aromatic nitrogens is 1. The SMILES string of the molecule is Cc1cc(O)c(CN2CCC[C@@H](c3nc4ccccc4s3)C2)cc1C. The van der Waals surface area contributed by atoms with Gasteiger partial charge in [0.15, 0.2) is 0 Å². The molecule has 0 saturated carbocycles. The zero-order valence-corrected chi connectivity index (χ0v) is 15.6. The molecule has 1 fully saturated rings. The van der Waals surface area contributed by atoms with Crippen LogP contribution in [0.1, 0.15) is 40.5 Å². The van der Waals surface area contributed by atoms with E-state index in [4.69, 9.17) is 4.98 Å². The molecule has 1 aliphatic rings. The lowest BCUT2D eigenvalue weighted by molar-refractivity contribution is 0.198. The minimum absolute atomic E-state index is 0.421. The number of aryl methyl sites for hydroxylation is 2. The van der Waals surface area contributed by atoms with E-state index in [1.54, 1.807) is 0 Å². The Bertz CT molecular complexity index is 869. The molecule has 0 spiro atoms. The average molecular weight is 353 g/mol. The van der Waals surface area contributed by atoms with Gasteiger partial charge in [-0.25, -0.2) is 4.98 Å². The third-order valence-electron chi connectivity index (χ3n) is 5.25. The van der Waals surface area contributed by atoms with Gasteiger partial charge >= 0.3 is 0 Å². The number of benzene rings is 2. The molecule has 0 bridgehead atoms. The van der Waals surface area contributed by atoms with Crippen molar-refractivity contribution in [3.8, 4) is 5.75 Å². The first-order chi connectivity index (χ1) is 12.1. The largest absolute Gasteiger partial charge is 0.508 e. The van der Waals surface area contributed by atoms with Crippen molar-refractivity contribution in [1.82, 2.24) is 9.88 Å². The van der Waals surface area contributed by atoms with Crippen LogP contribution in [-0.2, 0) is 6.54 Å². The van der Waals surface area contributed by atoms with Crippen LogP contribution < -0.4 is 0 Å². The molecular weight excluding hydrogens is 328 g/mol. The lowest BCUT2D eigenvalue weighted by atomic mass is 9.97. The normalized spacial score (nSPS) is 18.7. The molecule has 3 nitrogen and oxygen atoms in total. The molecule has 1 aromatic heterocycles. The van der Waals surface area contributed by atoms with Crippen LogP contribution in [0.4, 0.5) is 0 Å². The van der Waals surface area contributed by atoms with E-state index < -0.39 is 0 Å². The molecule has 1 atom stereocenters. The summed E-state index contributed by atoms with van der Waals surface area (Å²) in [5.74, 6) is 0.921. The second-order valence-electron chi connectivity index (χ2n) is 7.16. The number of phenols is 1. The summed E-state index contributed by atoms with van der Waals surface area (Å²) in [6.07, 6.45) is 2.39. The number of piperidine rings is 1. The molecule has 2 heterocycles. The fourth-order valence-corrected chi connectivity index (χ4v) is 4.79. The number of hydrogen-bond acceptors (Lipinski definition) is 4. The van der Waals surface area contributed by atoms with E-state index in [0.29, 0.717) is 11.7 Å². The van der Waals surface area contributed by atoms with Gasteiger partial charge in [-0.05, 0) is 62.6 Å². The predicted molar refractivity (Wildman–Crippen MR) is 104 cm³/mol. The third-order valence-corrected chi connectivity index (χ3v) is 6.45. The Kier molecular flexibility index (Phi) is 4.48. The molecule has 1 N–H and O–H groups in total. The standard InChI is InChI=1S/C21H24N2OS/c1-14-10-17(19(24)11-15(14)2)13-23-9-5-6-16(12-23)21-22-18-7-3-4-8-20(18)25-21/h3-4,7-8,10-11,16,24H,5-6,9,12-13H2,1-2H3/t16-/m1/s1. The van der Waals surface area contributed by atoms with Gasteiger partial charge in [-0.15, -0.1) is 11.3 Å². The highest BCUT2D eigenvalue weighted by atomic mass is 32.1. The predicted octanol–water partition coefficient (Wildman–Crippen LogP) is 5.00. The summed E-state index contributed by atoms with van der Waals surface area (Å²) < 4.78 is 1.28. The molecule has 3 aromatic rings. The summed E-state index contributed by atoms with van der Waals surface area (Å²) in [6, 6.07) is 12.4. The van der Waals surface area contributed by atoms with Crippen LogP contribution in [0.5, 0.6) is 5.75 Å². The summed E-state index contributed by atoms with van der Waals surface area (Å²) in [7, 11) is 0. The lowest BCUT2D eigenvalue weighted by Gasteiger charge is -2.32. The van der Waals surface area contributed by atoms with Crippen LogP contribution in [0.15, 0.2) is 36.4 Å². The average Bonchev–Trinajstić information content (AvgIpc) is 3.04. The Balaban J connectivity index is 1.52. The number of fused-ring (bicyclic) bond motifs is 1. The molecule has 0 amide bonds. The Hall–Kier alpha value is -1.91. The van der Waals surface area contributed by atoms with E-state index in [0.717, 1.165) is 36.3 Å². The van der Waals surface area contributed by atoms with Crippen LogP contribution in [0.3, 0.4) is 0 Å². The van der Waals surface area contributed by atoms with Crippen molar-refractivity contribution in [2.24, 2.45) is 0 Å². The first-order valence-electron chi connectivity index (χ1n) is 8.97. The molecule has 2 aromatic carbocycles. The van der Waals surface area contributed by atoms with Gasteiger partial charge in [0, 0.05) is 24.6 Å². The fourth-order valence-electron chi connectivity index (χ4n) is 3.69. The number of thiazole rings is 1. The summed E-state index contributed by atoms with van der Waals surface area (Å²) in [5.41, 5.74) is 4.54. The van der Waals surface area contributed by atoms with E-state index in [1.807, 2.05) is 24.3 Å². The summed E-state index contributed by atoms with van der Waals surface area (Å²) in [6.45, 7) is 7.08. The van der Waals surface area contributed by atoms with Crippen molar-refractivity contribution in [2.45, 2.75) is 39.2 Å². The molecule has 4 rings (SSSR count). The van der Waals surface area contributed by atoms with Crippen LogP contribution in [0.25, 0.3) is 10.2 Å². The number of aromatic hydroxyl groups is 1. The highest BCUT2D eigenvalue weighted by molar-refractivity contribution is 7.18. The molecule has 4 heteroatoms. The number of phenolic OH excluding ortho intramolecular Hbond substituents is 1. The van der Waals surface area contributed by atoms with Gasteiger partial charge in [-0.1, -0.05) is 18.2 Å². The topological polar surface area (TPSA) is 36.4 Å². The smallest absolute Gasteiger partial charge is 0.120 e. The number of likely N-dealkylation sites (tertiary alicyclic amines) is 1. The lowest BCUT2D eigenvalue weighted by Crippen LogP contribution is -2.33. The molecular formula is C21H24N2OS. The maximum absolute atomic E-state index is 10.3. The van der Waals surface area contributed by atoms with Crippen LogP contribution in [-0.4, -0.2) is 28.1 Å². The third kappa shape index (κ3) is 3.42. The molecule has 1 aliphatic heterocycles. The fraction of sp³-hybridized carbons (Fsp3) is 0.381. The Morgan fingerprint density at radius 3 is 2.84 bits per heavy atom. The monoisotopic (exact) mass is 352 g/mol. The van der Waals surface area contributed by atoms with Crippen LogP contribution >= 0.6 is 11.3 Å². The maximum atomic E-state index is 10.3. The maximum Gasteiger partial charge on any atom is 0.120 e. The van der Waals surface area contributed by atoms with Crippen molar-refractivity contribution in [2.75, 3.05) is 13.1 Å². The van der Waals surface area contributed by atoms with Crippen molar-refractivity contribution in [1.29, 1.82) is 0 Å². The van der Waals surface area contributed by atoms with Crippen molar-refractivity contribution in [3.63, 3.8) is 0 Å². The zero-order valence-electron chi connectivity index (χ0n) is 14.8. The second-order valence-corrected chi connectivity index (χ2v) is 8.22. The van der Waals surface area contributed by atoms with E-state index in [1.165, 1.54) is 28.1 Å². The highest BCUT2D eigenvalue weighted by Gasteiger charge is 2.24. The Labute approximate surface area is 152 Å². The van der Waals surface area contributed by atoms with Gasteiger partial charge in [-0.3, -0.25) is 4.90 Å². The summed E-state index contributed by atoms with van der Waals surface area (Å²) in [4.78, 5) is 7.33.